The highest BCUT2D eigenvalue weighted by Gasteiger charge is 2.52. The number of nitrogens with zero attached hydrogens (tertiary/aromatic N) is 2. The summed E-state index contributed by atoms with van der Waals surface area (Å²) < 4.78 is 0. The number of benzene rings is 1. The van der Waals surface area contributed by atoms with Crippen molar-refractivity contribution in [3.05, 3.63) is 35.4 Å². The topological polar surface area (TPSA) is 69.7 Å². The number of imide groups is 1. The van der Waals surface area contributed by atoms with Gasteiger partial charge in [0.1, 0.15) is 12.1 Å². The zero-order valence-corrected chi connectivity index (χ0v) is 14.2. The maximum absolute atomic E-state index is 12.6. The number of rotatable bonds is 4. The Kier molecular flexibility index (Phi) is 4.30. The third kappa shape index (κ3) is 2.88. The number of carbonyl (C=O) groups excluding carboxylic acids is 3. The molecule has 1 heterocycles. The van der Waals surface area contributed by atoms with Crippen LogP contribution in [0.4, 0.5) is 4.79 Å². The monoisotopic (exact) mass is 329 g/mol. The highest BCUT2D eigenvalue weighted by molar-refractivity contribution is 6.09. The molecule has 0 atom stereocenters. The minimum absolute atomic E-state index is 0.200. The van der Waals surface area contributed by atoms with Gasteiger partial charge in [0.05, 0.1) is 0 Å². The molecule has 2 aliphatic rings. The lowest BCUT2D eigenvalue weighted by Crippen LogP contribution is -2.45. The molecule has 24 heavy (non-hydrogen) atoms. The zero-order valence-electron chi connectivity index (χ0n) is 14.2. The molecular formula is C18H23N3O3. The Hall–Kier alpha value is -2.37. The summed E-state index contributed by atoms with van der Waals surface area (Å²) in [6.45, 7) is 2.25. The number of hydrogen-bond donors (Lipinski definition) is 1. The standard InChI is InChI=1S/C18H23N3O3/c1-13-7-3-4-8-14(13)11-20(2)15(22)12-21-16(23)18(19-17(21)24)9-5-6-10-18/h3-4,7-8H,5-6,9-12H2,1-2H3,(H,19,24). The van der Waals surface area contributed by atoms with Crippen LogP contribution in [0.25, 0.3) is 0 Å². The molecule has 2 fully saturated rings. The highest BCUT2D eigenvalue weighted by Crippen LogP contribution is 2.34. The van der Waals surface area contributed by atoms with Crippen molar-refractivity contribution in [1.82, 2.24) is 15.1 Å². The van der Waals surface area contributed by atoms with E-state index in [1.54, 1.807) is 11.9 Å². The van der Waals surface area contributed by atoms with E-state index >= 15 is 0 Å². The molecule has 1 spiro atoms. The van der Waals surface area contributed by atoms with Gasteiger partial charge in [-0.05, 0) is 30.9 Å². The van der Waals surface area contributed by atoms with Crippen molar-refractivity contribution in [1.29, 1.82) is 0 Å². The summed E-state index contributed by atoms with van der Waals surface area (Å²) in [6, 6.07) is 7.41. The van der Waals surface area contributed by atoms with E-state index in [0.717, 1.165) is 28.9 Å². The maximum atomic E-state index is 12.6. The zero-order chi connectivity index (χ0) is 17.3. The molecule has 1 aliphatic carbocycles. The van der Waals surface area contributed by atoms with E-state index in [-0.39, 0.29) is 18.4 Å². The van der Waals surface area contributed by atoms with Gasteiger partial charge in [-0.25, -0.2) is 4.79 Å². The van der Waals surface area contributed by atoms with Crippen LogP contribution in [0, 0.1) is 6.92 Å². The molecule has 0 aromatic heterocycles. The second-order valence-electron chi connectivity index (χ2n) is 6.79. The maximum Gasteiger partial charge on any atom is 0.325 e. The summed E-state index contributed by atoms with van der Waals surface area (Å²) in [7, 11) is 1.69. The number of likely N-dealkylation sites (N-methyl/N-ethyl adjacent to an activating group) is 1. The van der Waals surface area contributed by atoms with E-state index in [9.17, 15) is 14.4 Å². The first-order chi connectivity index (χ1) is 11.4. The summed E-state index contributed by atoms with van der Waals surface area (Å²) in [4.78, 5) is 39.8. The van der Waals surface area contributed by atoms with Gasteiger partial charge in [0.25, 0.3) is 5.91 Å². The lowest BCUT2D eigenvalue weighted by molar-refractivity contribution is -0.138. The Morgan fingerprint density at radius 2 is 1.92 bits per heavy atom. The molecule has 4 amide bonds. The van der Waals surface area contributed by atoms with Crippen molar-refractivity contribution < 1.29 is 14.4 Å². The quantitative estimate of drug-likeness (QED) is 0.857. The van der Waals surface area contributed by atoms with E-state index < -0.39 is 11.6 Å². The van der Waals surface area contributed by atoms with Gasteiger partial charge in [-0.2, -0.15) is 0 Å². The van der Waals surface area contributed by atoms with Gasteiger partial charge in [-0.15, -0.1) is 0 Å². The first-order valence-electron chi connectivity index (χ1n) is 8.35. The van der Waals surface area contributed by atoms with Gasteiger partial charge in [0.2, 0.25) is 5.91 Å². The van der Waals surface area contributed by atoms with Crippen LogP contribution in [0.1, 0.15) is 36.8 Å². The average molecular weight is 329 g/mol. The number of amides is 4. The largest absolute Gasteiger partial charge is 0.340 e. The van der Waals surface area contributed by atoms with E-state index in [1.165, 1.54) is 0 Å². The fraction of sp³-hybridized carbons (Fsp3) is 0.500. The van der Waals surface area contributed by atoms with E-state index in [1.807, 2.05) is 31.2 Å². The normalized spacial score (nSPS) is 19.0. The number of nitrogens with one attached hydrogen (secondary N) is 1. The lowest BCUT2D eigenvalue weighted by atomic mass is 9.98. The Bertz CT molecular complexity index is 680. The van der Waals surface area contributed by atoms with Gasteiger partial charge in [0.15, 0.2) is 0 Å². The fourth-order valence-electron chi connectivity index (χ4n) is 3.52. The fourth-order valence-corrected chi connectivity index (χ4v) is 3.52. The molecule has 6 nitrogen and oxygen atoms in total. The van der Waals surface area contributed by atoms with Crippen LogP contribution < -0.4 is 5.32 Å². The molecule has 6 heteroatoms. The Morgan fingerprint density at radius 3 is 2.58 bits per heavy atom. The van der Waals surface area contributed by atoms with Crippen LogP contribution in [0.2, 0.25) is 0 Å². The van der Waals surface area contributed by atoms with Crippen LogP contribution in [0.5, 0.6) is 0 Å². The second kappa shape index (κ2) is 6.26. The second-order valence-corrected chi connectivity index (χ2v) is 6.79. The van der Waals surface area contributed by atoms with Gasteiger partial charge in [-0.3, -0.25) is 14.5 Å². The van der Waals surface area contributed by atoms with Crippen molar-refractivity contribution in [3.63, 3.8) is 0 Å². The van der Waals surface area contributed by atoms with Crippen LogP contribution in [0.15, 0.2) is 24.3 Å². The molecule has 1 saturated carbocycles. The first-order valence-corrected chi connectivity index (χ1v) is 8.35. The average Bonchev–Trinajstić information content (AvgIpc) is 3.11. The highest BCUT2D eigenvalue weighted by atomic mass is 16.2. The molecule has 0 radical (unpaired) electrons. The van der Waals surface area contributed by atoms with E-state index in [0.29, 0.717) is 19.4 Å². The Labute approximate surface area is 141 Å². The predicted molar refractivity (Wildman–Crippen MR) is 89.1 cm³/mol. The molecular weight excluding hydrogens is 306 g/mol. The van der Waals surface area contributed by atoms with Gasteiger partial charge in [-0.1, -0.05) is 37.1 Å². The molecule has 1 N–H and O–H groups in total. The summed E-state index contributed by atoms with van der Waals surface area (Å²) in [5.41, 5.74) is 1.40. The number of carbonyl (C=O) groups is 3. The third-order valence-corrected chi connectivity index (χ3v) is 5.09. The van der Waals surface area contributed by atoms with Crippen molar-refractivity contribution >= 4 is 17.8 Å². The molecule has 1 aromatic carbocycles. The smallest absolute Gasteiger partial charge is 0.325 e. The summed E-state index contributed by atoms with van der Waals surface area (Å²) >= 11 is 0. The van der Waals surface area contributed by atoms with Gasteiger partial charge < -0.3 is 10.2 Å². The number of aryl methyl sites for hydroxylation is 1. The molecule has 3 rings (SSSR count). The van der Waals surface area contributed by atoms with Crippen molar-refractivity contribution in [2.24, 2.45) is 0 Å². The minimum Gasteiger partial charge on any atom is -0.340 e. The minimum atomic E-state index is -0.758. The first kappa shape index (κ1) is 16.5. The van der Waals surface area contributed by atoms with Gasteiger partial charge >= 0.3 is 6.03 Å². The molecule has 1 aliphatic heterocycles. The van der Waals surface area contributed by atoms with Crippen LogP contribution in [0.3, 0.4) is 0 Å². The Morgan fingerprint density at radius 1 is 1.25 bits per heavy atom. The lowest BCUT2D eigenvalue weighted by Gasteiger charge is -2.22. The molecule has 1 saturated heterocycles. The Balaban J connectivity index is 1.65. The number of hydrogen-bond acceptors (Lipinski definition) is 3. The summed E-state index contributed by atoms with van der Waals surface area (Å²) in [5.74, 6) is -0.487. The summed E-state index contributed by atoms with van der Waals surface area (Å²) in [5, 5.41) is 2.80. The molecule has 1 aromatic rings. The van der Waals surface area contributed by atoms with Crippen molar-refractivity contribution in [2.45, 2.75) is 44.7 Å². The SMILES string of the molecule is Cc1ccccc1CN(C)C(=O)CN1C(=O)NC2(CCCC2)C1=O. The van der Waals surface area contributed by atoms with Crippen molar-refractivity contribution in [2.75, 3.05) is 13.6 Å². The van der Waals surface area contributed by atoms with E-state index in [4.69, 9.17) is 0 Å². The third-order valence-electron chi connectivity index (χ3n) is 5.09. The molecule has 0 unspecified atom stereocenters. The summed E-state index contributed by atoms with van der Waals surface area (Å²) in [6.07, 6.45) is 3.20. The van der Waals surface area contributed by atoms with Crippen LogP contribution >= 0.6 is 0 Å². The van der Waals surface area contributed by atoms with Gasteiger partial charge in [0, 0.05) is 13.6 Å². The van der Waals surface area contributed by atoms with E-state index in [2.05, 4.69) is 5.32 Å². The molecule has 128 valence electrons. The van der Waals surface area contributed by atoms with Crippen LogP contribution in [-0.4, -0.2) is 46.8 Å². The van der Waals surface area contributed by atoms with Crippen molar-refractivity contribution in [3.8, 4) is 0 Å². The number of urea groups is 1. The molecule has 0 bridgehead atoms. The van der Waals surface area contributed by atoms with Crippen LogP contribution in [-0.2, 0) is 16.1 Å². The predicted octanol–water partition coefficient (Wildman–Crippen LogP) is 1.82.